The third-order valence-electron chi connectivity index (χ3n) is 1.89. The molecule has 5 heteroatoms. The van der Waals surface area contributed by atoms with E-state index in [1.54, 1.807) is 6.07 Å². The Morgan fingerprint density at radius 2 is 2.36 bits per heavy atom. The largest absolute Gasteiger partial charge is 0.488 e. The van der Waals surface area contributed by atoms with E-state index in [9.17, 15) is 4.79 Å². The van der Waals surface area contributed by atoms with Gasteiger partial charge in [0.2, 0.25) is 0 Å². The summed E-state index contributed by atoms with van der Waals surface area (Å²) in [7, 11) is 0. The Balaban J connectivity index is 2.21. The summed E-state index contributed by atoms with van der Waals surface area (Å²) in [5.74, 6) is 0.126. The van der Waals surface area contributed by atoms with Crippen molar-refractivity contribution in [2.24, 2.45) is 5.73 Å². The van der Waals surface area contributed by atoms with Crippen LogP contribution in [0.15, 0.2) is 16.7 Å². The van der Waals surface area contributed by atoms with Crippen LogP contribution in [0.1, 0.15) is 23.3 Å². The lowest BCUT2D eigenvalue weighted by atomic mass is 10.3. The fourth-order valence-corrected chi connectivity index (χ4v) is 1.42. The van der Waals surface area contributed by atoms with E-state index in [0.717, 1.165) is 12.8 Å². The lowest BCUT2D eigenvalue weighted by Crippen LogP contribution is -2.13. The average Bonchev–Trinajstić information content (AvgIpc) is 2.92. The van der Waals surface area contributed by atoms with E-state index in [-0.39, 0.29) is 5.69 Å². The smallest absolute Gasteiger partial charge is 0.267 e. The predicted octanol–water partition coefficient (Wildman–Crippen LogP) is 1.48. The fourth-order valence-electron chi connectivity index (χ4n) is 1.01. The van der Waals surface area contributed by atoms with E-state index in [4.69, 9.17) is 10.5 Å². The lowest BCUT2D eigenvalue weighted by molar-refractivity contribution is 0.0995. The van der Waals surface area contributed by atoms with Gasteiger partial charge in [0, 0.05) is 0 Å². The van der Waals surface area contributed by atoms with Gasteiger partial charge in [0.05, 0.1) is 16.8 Å². The van der Waals surface area contributed by atoms with Crippen molar-refractivity contribution >= 4 is 21.8 Å². The predicted molar refractivity (Wildman–Crippen MR) is 54.1 cm³/mol. The van der Waals surface area contributed by atoms with E-state index in [0.29, 0.717) is 16.3 Å². The van der Waals surface area contributed by atoms with Gasteiger partial charge in [0.25, 0.3) is 5.91 Å². The number of hydrogen-bond acceptors (Lipinski definition) is 3. The van der Waals surface area contributed by atoms with Crippen LogP contribution in [0.3, 0.4) is 0 Å². The zero-order valence-electron chi connectivity index (χ0n) is 7.37. The first-order valence-electron chi connectivity index (χ1n) is 4.29. The van der Waals surface area contributed by atoms with Crippen LogP contribution in [0.4, 0.5) is 0 Å². The zero-order chi connectivity index (χ0) is 10.1. The second-order valence-electron chi connectivity index (χ2n) is 3.18. The molecule has 14 heavy (non-hydrogen) atoms. The van der Waals surface area contributed by atoms with Crippen molar-refractivity contribution in [1.29, 1.82) is 0 Å². The van der Waals surface area contributed by atoms with Crippen LogP contribution in [0.5, 0.6) is 5.75 Å². The van der Waals surface area contributed by atoms with Crippen molar-refractivity contribution in [3.05, 3.63) is 22.4 Å². The first-order chi connectivity index (χ1) is 6.66. The highest BCUT2D eigenvalue weighted by Crippen LogP contribution is 2.31. The van der Waals surface area contributed by atoms with Gasteiger partial charge in [-0.15, -0.1) is 0 Å². The normalized spacial score (nSPS) is 15.2. The number of amides is 1. The van der Waals surface area contributed by atoms with Crippen molar-refractivity contribution < 1.29 is 9.53 Å². The summed E-state index contributed by atoms with van der Waals surface area (Å²) in [6, 6.07) is 1.57. The maximum absolute atomic E-state index is 10.8. The SMILES string of the molecule is NC(=O)c1cc(Br)c(OC2CC2)cn1. The molecule has 1 aromatic rings. The summed E-state index contributed by atoms with van der Waals surface area (Å²) >= 11 is 3.30. The van der Waals surface area contributed by atoms with Gasteiger partial charge in [0.15, 0.2) is 5.75 Å². The number of hydrogen-bond donors (Lipinski definition) is 1. The second kappa shape index (κ2) is 3.57. The van der Waals surface area contributed by atoms with E-state index in [1.165, 1.54) is 6.20 Å². The number of nitrogens with zero attached hydrogens (tertiary/aromatic N) is 1. The summed E-state index contributed by atoms with van der Waals surface area (Å²) in [6.07, 6.45) is 4.00. The van der Waals surface area contributed by atoms with Crippen LogP contribution in [0.2, 0.25) is 0 Å². The molecule has 1 aromatic heterocycles. The molecule has 0 aliphatic heterocycles. The van der Waals surface area contributed by atoms with Crippen molar-refractivity contribution in [1.82, 2.24) is 4.98 Å². The van der Waals surface area contributed by atoms with Crippen LogP contribution >= 0.6 is 15.9 Å². The topological polar surface area (TPSA) is 65.2 Å². The number of halogens is 1. The van der Waals surface area contributed by atoms with Gasteiger partial charge >= 0.3 is 0 Å². The second-order valence-corrected chi connectivity index (χ2v) is 4.04. The van der Waals surface area contributed by atoms with Crippen LogP contribution in [-0.2, 0) is 0 Å². The standard InChI is InChI=1S/C9H9BrN2O2/c10-6-3-7(9(11)13)12-4-8(6)14-5-1-2-5/h3-5H,1-2H2,(H2,11,13). The molecule has 1 amide bonds. The molecule has 4 nitrogen and oxygen atoms in total. The minimum atomic E-state index is -0.538. The highest BCUT2D eigenvalue weighted by Gasteiger charge is 2.24. The molecule has 0 atom stereocenters. The molecular weight excluding hydrogens is 248 g/mol. The Hall–Kier alpha value is -1.10. The highest BCUT2D eigenvalue weighted by atomic mass is 79.9. The Kier molecular flexibility index (Phi) is 2.41. The monoisotopic (exact) mass is 256 g/mol. The molecule has 0 unspecified atom stereocenters. The Labute approximate surface area is 89.6 Å². The third kappa shape index (κ3) is 2.04. The third-order valence-corrected chi connectivity index (χ3v) is 2.51. The quantitative estimate of drug-likeness (QED) is 0.891. The van der Waals surface area contributed by atoms with Gasteiger partial charge in [-0.25, -0.2) is 4.98 Å². The van der Waals surface area contributed by atoms with Gasteiger partial charge in [0.1, 0.15) is 5.69 Å². The minimum Gasteiger partial charge on any atom is -0.488 e. The number of primary amides is 1. The summed E-state index contributed by atoms with van der Waals surface area (Å²) in [4.78, 5) is 14.7. The van der Waals surface area contributed by atoms with Crippen molar-refractivity contribution in [3.8, 4) is 5.75 Å². The molecule has 1 aliphatic carbocycles. The molecule has 2 rings (SSSR count). The Morgan fingerprint density at radius 3 is 2.86 bits per heavy atom. The number of nitrogens with two attached hydrogens (primary N) is 1. The number of pyridine rings is 1. The summed E-state index contributed by atoms with van der Waals surface area (Å²) < 4.78 is 6.25. The first-order valence-corrected chi connectivity index (χ1v) is 5.08. The van der Waals surface area contributed by atoms with E-state index in [1.807, 2.05) is 0 Å². The van der Waals surface area contributed by atoms with Crippen molar-refractivity contribution in [3.63, 3.8) is 0 Å². The van der Waals surface area contributed by atoms with Gasteiger partial charge in [-0.2, -0.15) is 0 Å². The van der Waals surface area contributed by atoms with Gasteiger partial charge in [-0.1, -0.05) is 0 Å². The molecule has 1 saturated carbocycles. The molecule has 0 saturated heterocycles. The molecule has 0 radical (unpaired) electrons. The molecule has 74 valence electrons. The van der Waals surface area contributed by atoms with E-state index >= 15 is 0 Å². The first kappa shape index (κ1) is 9.45. The number of rotatable bonds is 3. The number of carbonyl (C=O) groups excluding carboxylic acids is 1. The minimum absolute atomic E-state index is 0.236. The molecule has 0 spiro atoms. The maximum Gasteiger partial charge on any atom is 0.267 e. The van der Waals surface area contributed by atoms with Crippen LogP contribution in [0, 0.1) is 0 Å². The summed E-state index contributed by atoms with van der Waals surface area (Å²) in [6.45, 7) is 0. The summed E-state index contributed by atoms with van der Waals surface area (Å²) in [5.41, 5.74) is 5.32. The fraction of sp³-hybridized carbons (Fsp3) is 0.333. The molecule has 0 aromatic carbocycles. The van der Waals surface area contributed by atoms with Crippen molar-refractivity contribution in [2.75, 3.05) is 0 Å². The van der Waals surface area contributed by atoms with Crippen LogP contribution in [0.25, 0.3) is 0 Å². The van der Waals surface area contributed by atoms with Crippen LogP contribution < -0.4 is 10.5 Å². The molecule has 2 N–H and O–H groups in total. The molecule has 1 heterocycles. The Morgan fingerprint density at radius 1 is 1.64 bits per heavy atom. The molecular formula is C9H9BrN2O2. The maximum atomic E-state index is 10.8. The molecule has 1 fully saturated rings. The number of carbonyl (C=O) groups is 1. The van der Waals surface area contributed by atoms with E-state index in [2.05, 4.69) is 20.9 Å². The molecule has 1 aliphatic rings. The lowest BCUT2D eigenvalue weighted by Gasteiger charge is -2.06. The van der Waals surface area contributed by atoms with Crippen LogP contribution in [-0.4, -0.2) is 17.0 Å². The molecule has 0 bridgehead atoms. The number of ether oxygens (including phenoxy) is 1. The number of aromatic nitrogens is 1. The summed E-state index contributed by atoms with van der Waals surface area (Å²) in [5, 5.41) is 0. The zero-order valence-corrected chi connectivity index (χ0v) is 8.95. The van der Waals surface area contributed by atoms with E-state index < -0.39 is 5.91 Å². The van der Waals surface area contributed by atoms with Gasteiger partial charge in [-0.05, 0) is 34.8 Å². The van der Waals surface area contributed by atoms with Gasteiger partial charge in [-0.3, -0.25) is 4.79 Å². The highest BCUT2D eigenvalue weighted by molar-refractivity contribution is 9.10. The average molecular weight is 257 g/mol. The van der Waals surface area contributed by atoms with Crippen molar-refractivity contribution in [2.45, 2.75) is 18.9 Å². The van der Waals surface area contributed by atoms with Gasteiger partial charge < -0.3 is 10.5 Å². The Bertz CT molecular complexity index is 377.